The summed E-state index contributed by atoms with van der Waals surface area (Å²) >= 11 is 0. The molecule has 0 heterocycles. The SMILES string of the molecule is [2H]N[C@@H](Cc1ccc(OS(=O)(=O)O)cc1)C(=O)N[C@@H](CCCC)C(=O)CN[C@@H](CCCC)C(=O)N(C)[C@@H]([C-]=O)CC(=O)O.[NH2-].[W+2]. The van der Waals surface area contributed by atoms with Gasteiger partial charge < -0.3 is 36.2 Å². The smallest absolute Gasteiger partial charge is 0.693 e. The van der Waals surface area contributed by atoms with E-state index >= 15 is 0 Å². The fourth-order valence-electron chi connectivity index (χ4n) is 4.02. The summed E-state index contributed by atoms with van der Waals surface area (Å²) in [4.78, 5) is 62.7. The zero-order chi connectivity index (χ0) is 32.6. The van der Waals surface area contributed by atoms with E-state index in [0.29, 0.717) is 31.2 Å². The standard InChI is InChI=1S/C27H41N4O10S.H2N.W/c1-4-6-8-22(30-26(36)21(28)14-18-10-12-20(13-11-18)41-42(38,39)40)24(33)16-29-23(9-7-5-2)27(37)31(3)19(17-32)15-25(34)35;;/h10-13,19,21-23,29H,4-9,14-16,28H2,1-3H3,(H,30,36)(H,34,35)(H,38,39,40);1H2;/q2*-1;+2/t19-,21+,22+,23+;;/m1../s1/i/hD. The van der Waals surface area contributed by atoms with Crippen molar-refractivity contribution in [2.75, 3.05) is 13.6 Å². The first-order valence-electron chi connectivity index (χ1n) is 14.1. The van der Waals surface area contributed by atoms with Crippen LogP contribution in [0.5, 0.6) is 5.75 Å². The number of rotatable bonds is 22. The molecule has 44 heavy (non-hydrogen) atoms. The van der Waals surface area contributed by atoms with Crippen LogP contribution in [-0.2, 0) is 61.9 Å². The molecule has 0 spiro atoms. The number of hydrogen-bond acceptors (Lipinski definition) is 10. The second-order valence-electron chi connectivity index (χ2n) is 9.84. The zero-order valence-corrected chi connectivity index (χ0v) is 28.7. The molecule has 0 bridgehead atoms. The van der Waals surface area contributed by atoms with Gasteiger partial charge in [0.05, 0.1) is 24.7 Å². The van der Waals surface area contributed by atoms with Crippen LogP contribution in [-0.4, -0.2) is 90.6 Å². The number of carbonyl (C=O) groups is 4. The predicted octanol–water partition coefficient (Wildman–Crippen LogP) is 1.26. The van der Waals surface area contributed by atoms with Crippen LogP contribution in [0.2, 0.25) is 1.41 Å². The first-order valence-corrected chi connectivity index (χ1v) is 15.0. The van der Waals surface area contributed by atoms with Gasteiger partial charge in [0.2, 0.25) is 11.8 Å². The molecule has 2 amide bonds. The second kappa shape index (κ2) is 21.9. The Morgan fingerprint density at radius 3 is 2.14 bits per heavy atom. The molecule has 8 N–H and O–H groups in total. The molecule has 0 saturated carbocycles. The van der Waals surface area contributed by atoms with E-state index in [1.807, 2.05) is 13.8 Å². The number of amides is 2. The Kier molecular flexibility index (Phi) is 20.5. The summed E-state index contributed by atoms with van der Waals surface area (Å²) in [6, 6.07) is 1.28. The van der Waals surface area contributed by atoms with Gasteiger partial charge in [-0.05, 0) is 37.0 Å². The van der Waals surface area contributed by atoms with Gasteiger partial charge in [0, 0.05) is 13.5 Å². The molecule has 0 unspecified atom stereocenters. The molecule has 17 heteroatoms. The van der Waals surface area contributed by atoms with Crippen LogP contribution in [0.4, 0.5) is 0 Å². The monoisotopic (exact) mass is 814 g/mol. The number of ketones is 1. The van der Waals surface area contributed by atoms with Crippen molar-refractivity contribution >= 4 is 40.3 Å². The summed E-state index contributed by atoms with van der Waals surface area (Å²) in [5.41, 5.74) is 2.69. The molecule has 0 radical (unpaired) electrons. The number of benzene rings is 1. The number of nitrogens with two attached hydrogens (primary N) is 2. The van der Waals surface area contributed by atoms with E-state index in [4.69, 9.17) is 11.1 Å². The van der Waals surface area contributed by atoms with Gasteiger partial charge in [0.15, 0.2) is 5.78 Å². The maximum absolute atomic E-state index is 13.2. The molecule has 248 valence electrons. The summed E-state index contributed by atoms with van der Waals surface area (Å²) in [5.74, 6) is -3.00. The maximum atomic E-state index is 13.2. The molecule has 0 saturated heterocycles. The van der Waals surface area contributed by atoms with Gasteiger partial charge in [0.1, 0.15) is 7.16 Å². The number of hydrogen-bond donors (Lipinski definition) is 5. The minimum Gasteiger partial charge on any atom is -0.693 e. The normalized spacial score (nSPS) is 13.9. The fraction of sp³-hybridized carbons (Fsp3) is 0.593. The number of carbonyl (C=O) groups excluding carboxylic acids is 4. The quantitative estimate of drug-likeness (QED) is 0.0820. The van der Waals surface area contributed by atoms with E-state index in [1.165, 1.54) is 31.3 Å². The molecule has 0 fully saturated rings. The summed E-state index contributed by atoms with van der Waals surface area (Å²) in [6.45, 7) is 3.54. The van der Waals surface area contributed by atoms with Gasteiger partial charge in [-0.2, -0.15) is 8.42 Å². The minimum absolute atomic E-state index is 0. The van der Waals surface area contributed by atoms with E-state index in [1.54, 1.807) is 6.29 Å². The molecule has 0 aromatic heterocycles. The first kappa shape index (κ1) is 41.2. The summed E-state index contributed by atoms with van der Waals surface area (Å²) in [6.07, 6.45) is 4.32. The molecule has 0 aliphatic carbocycles. The van der Waals surface area contributed by atoms with Gasteiger partial charge in [0.25, 0.3) is 0 Å². The van der Waals surface area contributed by atoms with Crippen molar-refractivity contribution in [3.8, 4) is 5.75 Å². The maximum Gasteiger partial charge on any atom is 2.00 e. The van der Waals surface area contributed by atoms with Crippen LogP contribution in [0.15, 0.2) is 24.3 Å². The predicted molar refractivity (Wildman–Crippen MR) is 158 cm³/mol. The van der Waals surface area contributed by atoms with Crippen molar-refractivity contribution < 1.29 is 68.7 Å². The van der Waals surface area contributed by atoms with E-state index in [2.05, 4.69) is 20.5 Å². The van der Waals surface area contributed by atoms with Crippen LogP contribution < -0.4 is 20.5 Å². The van der Waals surface area contributed by atoms with Crippen LogP contribution in [0, 0.1) is 0 Å². The van der Waals surface area contributed by atoms with Gasteiger partial charge in [-0.3, -0.25) is 29.0 Å². The third-order valence-electron chi connectivity index (χ3n) is 6.42. The van der Waals surface area contributed by atoms with Crippen LogP contribution in [0.25, 0.3) is 6.15 Å². The number of nitrogens with zero attached hydrogens (tertiary/aromatic N) is 1. The molecule has 1 aromatic rings. The van der Waals surface area contributed by atoms with Crippen molar-refractivity contribution in [1.29, 1.82) is 0 Å². The number of carboxylic acids is 1. The summed E-state index contributed by atoms with van der Waals surface area (Å²) in [5, 5.41) is 14.6. The molecule has 4 atom stereocenters. The molecule has 0 aliphatic heterocycles. The Balaban J connectivity index is 0. The molecular weight excluding hydrogens is 770 g/mol. The number of likely N-dealkylation sites (N-methyl/N-ethyl adjacent to an activating group) is 1. The van der Waals surface area contributed by atoms with Crippen molar-refractivity contribution in [2.24, 2.45) is 5.73 Å². The van der Waals surface area contributed by atoms with Crippen molar-refractivity contribution in [1.82, 2.24) is 15.5 Å². The summed E-state index contributed by atoms with van der Waals surface area (Å²) in [7, 11) is -3.39. The van der Waals surface area contributed by atoms with Crippen molar-refractivity contribution in [3.63, 3.8) is 0 Å². The third kappa shape index (κ3) is 16.4. The molecular formula is C27H43N5O10SW. The van der Waals surface area contributed by atoms with Crippen LogP contribution >= 0.6 is 0 Å². The number of unbranched alkanes of at least 4 members (excludes halogenated alkanes) is 2. The zero-order valence-electron chi connectivity index (χ0n) is 26.0. The first-order chi connectivity index (χ1) is 20.3. The summed E-state index contributed by atoms with van der Waals surface area (Å²) < 4.78 is 42.5. The van der Waals surface area contributed by atoms with Gasteiger partial charge in [-0.25, -0.2) is 6.29 Å². The Bertz CT molecular complexity index is 1190. The van der Waals surface area contributed by atoms with Gasteiger partial charge >= 0.3 is 37.4 Å². The minimum atomic E-state index is -4.70. The molecule has 1 rings (SSSR count). The van der Waals surface area contributed by atoms with Crippen molar-refractivity contribution in [2.45, 2.75) is 89.4 Å². The average molecular weight is 815 g/mol. The van der Waals surface area contributed by atoms with Gasteiger partial charge in [-0.15, -0.1) is 0 Å². The molecule has 0 aliphatic rings. The van der Waals surface area contributed by atoms with Crippen LogP contribution in [0.1, 0.15) is 64.4 Å². The largest absolute Gasteiger partial charge is 2.00 e. The van der Waals surface area contributed by atoms with Crippen molar-refractivity contribution in [3.05, 3.63) is 36.0 Å². The number of aliphatic carboxylic acids is 1. The van der Waals surface area contributed by atoms with E-state index in [9.17, 15) is 32.4 Å². The number of Topliss-reactive ketones (excluding diaryl/α,β-unsaturated/α-hetero) is 1. The fourth-order valence-corrected chi connectivity index (χ4v) is 4.37. The average Bonchev–Trinajstić information content (AvgIpc) is 2.95. The number of nitrogens with one attached hydrogen (secondary N) is 2. The second-order valence-corrected chi connectivity index (χ2v) is 10.9. The Morgan fingerprint density at radius 1 is 1.09 bits per heavy atom. The topological polar surface area (TPSA) is 256 Å². The molecule has 15 nitrogen and oxygen atoms in total. The third-order valence-corrected chi connectivity index (χ3v) is 6.82. The Morgan fingerprint density at radius 2 is 1.66 bits per heavy atom. The van der Waals surface area contributed by atoms with E-state index in [-0.39, 0.29) is 45.9 Å². The van der Waals surface area contributed by atoms with Gasteiger partial charge in [-0.1, -0.05) is 57.7 Å². The van der Waals surface area contributed by atoms with Crippen LogP contribution in [0.3, 0.4) is 0 Å². The Labute approximate surface area is 274 Å². The number of carboxylic acid groups (broad SMARTS) is 1. The van der Waals surface area contributed by atoms with E-state index in [0.717, 1.165) is 17.7 Å². The molecule has 1 aromatic carbocycles. The van der Waals surface area contributed by atoms with E-state index < -0.39 is 64.6 Å². The Hall–Kier alpha value is -2.75.